The molecule has 2 aromatic heterocycles. The first-order chi connectivity index (χ1) is 16.7. The van der Waals surface area contributed by atoms with Gasteiger partial charge in [0.2, 0.25) is 0 Å². The second-order valence-electron chi connectivity index (χ2n) is 7.40. The number of hydrogen-bond donors (Lipinski definition) is 1. The molecule has 170 valence electrons. The van der Waals surface area contributed by atoms with Crippen LogP contribution in [0.3, 0.4) is 0 Å². The quantitative estimate of drug-likeness (QED) is 0.380. The molecule has 2 heterocycles. The zero-order valence-corrected chi connectivity index (χ0v) is 18.9. The van der Waals surface area contributed by atoms with E-state index in [1.807, 2.05) is 66.9 Å². The van der Waals surface area contributed by atoms with Crippen molar-refractivity contribution in [3.63, 3.8) is 0 Å². The predicted molar refractivity (Wildman–Crippen MR) is 129 cm³/mol. The largest absolute Gasteiger partial charge is 0.497 e. The second kappa shape index (κ2) is 9.07. The zero-order chi connectivity index (χ0) is 23.5. The van der Waals surface area contributed by atoms with E-state index in [2.05, 4.69) is 25.6 Å². The van der Waals surface area contributed by atoms with Crippen LogP contribution in [-0.4, -0.2) is 46.3 Å². The van der Waals surface area contributed by atoms with E-state index >= 15 is 0 Å². The highest BCUT2D eigenvalue weighted by molar-refractivity contribution is 5.93. The van der Waals surface area contributed by atoms with Crippen molar-refractivity contribution in [1.82, 2.24) is 25.0 Å². The Morgan fingerprint density at radius 2 is 1.62 bits per heavy atom. The number of fused-ring (bicyclic) bond motifs is 1. The summed E-state index contributed by atoms with van der Waals surface area (Å²) in [5.74, 6) is 2.67. The molecule has 0 spiro atoms. The van der Waals surface area contributed by atoms with Gasteiger partial charge in [-0.3, -0.25) is 0 Å². The fourth-order valence-corrected chi connectivity index (χ4v) is 3.63. The number of aromatic nitrogens is 5. The average Bonchev–Trinajstić information content (AvgIpc) is 3.39. The Balaban J connectivity index is 1.44. The van der Waals surface area contributed by atoms with E-state index in [0.717, 1.165) is 39.3 Å². The Kier molecular flexibility index (Phi) is 5.65. The van der Waals surface area contributed by atoms with Gasteiger partial charge in [-0.1, -0.05) is 11.3 Å². The molecule has 0 aliphatic rings. The average molecular weight is 454 g/mol. The third-order valence-corrected chi connectivity index (χ3v) is 5.39. The number of benzene rings is 3. The van der Waals surface area contributed by atoms with Gasteiger partial charge in [-0.15, -0.1) is 5.10 Å². The van der Waals surface area contributed by atoms with E-state index < -0.39 is 0 Å². The van der Waals surface area contributed by atoms with Crippen molar-refractivity contribution >= 4 is 22.4 Å². The third kappa shape index (κ3) is 4.06. The minimum Gasteiger partial charge on any atom is -0.497 e. The van der Waals surface area contributed by atoms with Crippen LogP contribution in [0.4, 0.5) is 11.5 Å². The van der Waals surface area contributed by atoms with Gasteiger partial charge in [-0.25, -0.2) is 14.6 Å². The number of methoxy groups -OCH3 is 3. The maximum absolute atomic E-state index is 5.44. The molecule has 9 nitrogen and oxygen atoms in total. The van der Waals surface area contributed by atoms with Crippen LogP contribution in [-0.2, 0) is 0 Å². The molecular weight excluding hydrogens is 432 g/mol. The first-order valence-corrected chi connectivity index (χ1v) is 10.5. The number of anilines is 2. The lowest BCUT2D eigenvalue weighted by atomic mass is 10.1. The lowest BCUT2D eigenvalue weighted by molar-refractivity contribution is 0.356. The van der Waals surface area contributed by atoms with Crippen LogP contribution in [0.5, 0.6) is 17.2 Å². The van der Waals surface area contributed by atoms with E-state index in [4.69, 9.17) is 14.2 Å². The second-order valence-corrected chi connectivity index (χ2v) is 7.40. The maximum Gasteiger partial charge on any atom is 0.162 e. The highest BCUT2D eigenvalue weighted by atomic mass is 16.5. The number of ether oxygens (including phenoxy) is 3. The minimum absolute atomic E-state index is 0.607. The highest BCUT2D eigenvalue weighted by Gasteiger charge is 2.12. The molecule has 0 bridgehead atoms. The summed E-state index contributed by atoms with van der Waals surface area (Å²) in [4.78, 5) is 8.79. The monoisotopic (exact) mass is 454 g/mol. The van der Waals surface area contributed by atoms with Crippen molar-refractivity contribution in [1.29, 1.82) is 0 Å². The molecule has 3 aromatic carbocycles. The number of rotatable bonds is 7. The van der Waals surface area contributed by atoms with Gasteiger partial charge in [-0.2, -0.15) is 0 Å². The van der Waals surface area contributed by atoms with Crippen LogP contribution in [0.2, 0.25) is 0 Å². The van der Waals surface area contributed by atoms with E-state index in [9.17, 15) is 0 Å². The zero-order valence-electron chi connectivity index (χ0n) is 18.9. The van der Waals surface area contributed by atoms with Gasteiger partial charge in [0.05, 0.1) is 38.7 Å². The Bertz CT molecular complexity index is 1450. The molecule has 5 aromatic rings. The first kappa shape index (κ1) is 21.2. The summed E-state index contributed by atoms with van der Waals surface area (Å²) in [6.07, 6.45) is 3.40. The van der Waals surface area contributed by atoms with Gasteiger partial charge in [0.1, 0.15) is 23.6 Å². The lowest BCUT2D eigenvalue weighted by Crippen LogP contribution is -2.00. The summed E-state index contributed by atoms with van der Waals surface area (Å²) in [6, 6.07) is 19.2. The van der Waals surface area contributed by atoms with E-state index in [1.54, 1.807) is 26.0 Å². The number of nitrogens with one attached hydrogen (secondary N) is 1. The van der Waals surface area contributed by atoms with Crippen molar-refractivity contribution in [3.8, 4) is 34.2 Å². The molecule has 0 radical (unpaired) electrons. The molecule has 9 heteroatoms. The molecule has 0 aliphatic carbocycles. The highest BCUT2D eigenvalue weighted by Crippen LogP contribution is 2.34. The van der Waals surface area contributed by atoms with Crippen molar-refractivity contribution in [3.05, 3.63) is 73.2 Å². The van der Waals surface area contributed by atoms with Crippen LogP contribution in [0.25, 0.3) is 27.8 Å². The lowest BCUT2D eigenvalue weighted by Gasteiger charge is -2.12. The van der Waals surface area contributed by atoms with Gasteiger partial charge < -0.3 is 19.5 Å². The molecule has 34 heavy (non-hydrogen) atoms. The fourth-order valence-electron chi connectivity index (χ4n) is 3.63. The Hall–Kier alpha value is -4.66. The van der Waals surface area contributed by atoms with Crippen LogP contribution < -0.4 is 19.5 Å². The Labute approximate surface area is 196 Å². The summed E-state index contributed by atoms with van der Waals surface area (Å²) in [5, 5.41) is 12.8. The molecule has 0 unspecified atom stereocenters. The van der Waals surface area contributed by atoms with Crippen molar-refractivity contribution in [2.24, 2.45) is 0 Å². The summed E-state index contributed by atoms with van der Waals surface area (Å²) < 4.78 is 17.8. The number of nitrogens with zero attached hydrogens (tertiary/aromatic N) is 5. The standard InChI is InChI=1S/C25H22N6O3/c1-32-19-9-7-16(8-10-19)22-14-31(30-29-22)18-6-4-5-17(11-18)28-25-20-12-23(33-2)24(34-3)13-21(20)26-15-27-25/h4-15H,1-3H3,(H,26,27,28). The SMILES string of the molecule is COc1ccc(-c2cn(-c3cccc(Nc4ncnc5cc(OC)c(OC)cc45)c3)nn2)cc1. The Morgan fingerprint density at radius 3 is 2.38 bits per heavy atom. The fraction of sp³-hybridized carbons (Fsp3) is 0.120. The molecular formula is C25H22N6O3. The molecule has 0 aliphatic heterocycles. The van der Waals surface area contributed by atoms with E-state index in [0.29, 0.717) is 17.3 Å². The molecule has 0 saturated carbocycles. The van der Waals surface area contributed by atoms with Crippen LogP contribution in [0, 0.1) is 0 Å². The predicted octanol–water partition coefficient (Wildman–Crippen LogP) is 4.65. The van der Waals surface area contributed by atoms with Gasteiger partial charge in [-0.05, 0) is 48.5 Å². The van der Waals surface area contributed by atoms with Gasteiger partial charge in [0, 0.05) is 22.7 Å². The van der Waals surface area contributed by atoms with Crippen LogP contribution in [0.1, 0.15) is 0 Å². The summed E-state index contributed by atoms with van der Waals surface area (Å²) >= 11 is 0. The summed E-state index contributed by atoms with van der Waals surface area (Å²) in [5.41, 5.74) is 4.16. The first-order valence-electron chi connectivity index (χ1n) is 10.5. The van der Waals surface area contributed by atoms with Gasteiger partial charge >= 0.3 is 0 Å². The van der Waals surface area contributed by atoms with Crippen molar-refractivity contribution in [2.45, 2.75) is 0 Å². The topological polar surface area (TPSA) is 96.2 Å². The molecule has 1 N–H and O–H groups in total. The van der Waals surface area contributed by atoms with Crippen LogP contribution in [0.15, 0.2) is 73.2 Å². The number of hydrogen-bond acceptors (Lipinski definition) is 8. The molecule has 0 fully saturated rings. The van der Waals surface area contributed by atoms with Crippen molar-refractivity contribution in [2.75, 3.05) is 26.6 Å². The van der Waals surface area contributed by atoms with E-state index in [-0.39, 0.29) is 0 Å². The maximum atomic E-state index is 5.44. The third-order valence-electron chi connectivity index (χ3n) is 5.39. The molecule has 0 saturated heterocycles. The summed E-state index contributed by atoms with van der Waals surface area (Å²) in [7, 11) is 4.84. The van der Waals surface area contributed by atoms with E-state index in [1.165, 1.54) is 6.33 Å². The minimum atomic E-state index is 0.607. The Morgan fingerprint density at radius 1 is 0.824 bits per heavy atom. The smallest absolute Gasteiger partial charge is 0.162 e. The normalized spacial score (nSPS) is 10.8. The van der Waals surface area contributed by atoms with Crippen molar-refractivity contribution < 1.29 is 14.2 Å². The molecule has 5 rings (SSSR count). The summed E-state index contributed by atoms with van der Waals surface area (Å²) in [6.45, 7) is 0. The van der Waals surface area contributed by atoms with Gasteiger partial charge in [0.15, 0.2) is 11.5 Å². The molecule has 0 amide bonds. The van der Waals surface area contributed by atoms with Crippen LogP contribution >= 0.6 is 0 Å². The molecule has 0 atom stereocenters. The van der Waals surface area contributed by atoms with Gasteiger partial charge in [0.25, 0.3) is 0 Å².